The lowest BCUT2D eigenvalue weighted by Gasteiger charge is -2.17. The van der Waals surface area contributed by atoms with E-state index in [0.717, 1.165) is 12.5 Å². The summed E-state index contributed by atoms with van der Waals surface area (Å²) >= 11 is 0. The number of nitrogens with one attached hydrogen (secondary N) is 1. The number of hydrogen-bond acceptors (Lipinski definition) is 2. The Morgan fingerprint density at radius 1 is 1.33 bits per heavy atom. The largest absolute Gasteiger partial charge is 0.497 e. The maximum Gasteiger partial charge on any atom is 0.418 e. The van der Waals surface area contributed by atoms with Gasteiger partial charge in [0, 0.05) is 12.2 Å². The molecule has 1 N–H and O–H groups in total. The number of ether oxygens (including phenoxy) is 1. The van der Waals surface area contributed by atoms with Crippen molar-refractivity contribution < 1.29 is 17.9 Å². The highest BCUT2D eigenvalue weighted by Crippen LogP contribution is 2.37. The minimum absolute atomic E-state index is 0.101. The first-order chi connectivity index (χ1) is 8.38. The molecule has 102 valence electrons. The van der Waals surface area contributed by atoms with E-state index in [1.54, 1.807) is 0 Å². The average Bonchev–Trinajstić information content (AvgIpc) is 2.34. The first kappa shape index (κ1) is 14.7. The van der Waals surface area contributed by atoms with Crippen molar-refractivity contribution in [2.24, 2.45) is 5.92 Å². The summed E-state index contributed by atoms with van der Waals surface area (Å²) in [7, 11) is 1.35. The highest BCUT2D eigenvalue weighted by molar-refractivity contribution is 5.55. The van der Waals surface area contributed by atoms with Crippen molar-refractivity contribution in [3.63, 3.8) is 0 Å². The summed E-state index contributed by atoms with van der Waals surface area (Å²) in [6, 6.07) is 3.94. The lowest BCUT2D eigenvalue weighted by atomic mass is 10.1. The van der Waals surface area contributed by atoms with E-state index in [1.807, 2.05) is 13.8 Å². The normalized spacial score (nSPS) is 13.2. The van der Waals surface area contributed by atoms with Crippen molar-refractivity contribution in [2.75, 3.05) is 19.0 Å². The van der Waals surface area contributed by atoms with Crippen molar-refractivity contribution >= 4 is 5.69 Å². The van der Waals surface area contributed by atoms with Gasteiger partial charge in [-0.2, -0.15) is 13.2 Å². The van der Waals surface area contributed by atoms with Crippen LogP contribution in [0, 0.1) is 5.92 Å². The molecule has 1 aromatic carbocycles. The van der Waals surface area contributed by atoms with Gasteiger partial charge in [0.15, 0.2) is 0 Å². The third kappa shape index (κ3) is 3.82. The third-order valence-corrected chi connectivity index (χ3v) is 2.87. The molecule has 0 aliphatic rings. The fourth-order valence-corrected chi connectivity index (χ4v) is 1.47. The zero-order chi connectivity index (χ0) is 13.8. The van der Waals surface area contributed by atoms with E-state index in [1.165, 1.54) is 19.2 Å². The summed E-state index contributed by atoms with van der Waals surface area (Å²) in [6.45, 7) is 4.51. The number of anilines is 1. The maximum atomic E-state index is 12.9. The van der Waals surface area contributed by atoms with Crippen LogP contribution in [0.15, 0.2) is 18.2 Å². The predicted molar refractivity (Wildman–Crippen MR) is 65.9 cm³/mol. The molecule has 1 rings (SSSR count). The fraction of sp³-hybridized carbons (Fsp3) is 0.538. The first-order valence-electron chi connectivity index (χ1n) is 5.87. The molecular formula is C13H18F3NO. The van der Waals surface area contributed by atoms with Crippen LogP contribution in [-0.4, -0.2) is 13.7 Å². The smallest absolute Gasteiger partial charge is 0.418 e. The Hall–Kier alpha value is -1.39. The number of halogens is 3. The zero-order valence-corrected chi connectivity index (χ0v) is 10.8. The van der Waals surface area contributed by atoms with Gasteiger partial charge in [-0.3, -0.25) is 0 Å². The van der Waals surface area contributed by atoms with Crippen LogP contribution >= 0.6 is 0 Å². The minimum atomic E-state index is -4.38. The molecule has 0 aliphatic heterocycles. The molecule has 2 nitrogen and oxygen atoms in total. The third-order valence-electron chi connectivity index (χ3n) is 2.87. The van der Waals surface area contributed by atoms with Crippen molar-refractivity contribution in [3.8, 4) is 5.75 Å². The SMILES string of the molecule is CCC(C)CNc1ccc(OC)cc1C(F)(F)F. The van der Waals surface area contributed by atoms with E-state index in [0.29, 0.717) is 12.5 Å². The van der Waals surface area contributed by atoms with Crippen LogP contribution in [0.25, 0.3) is 0 Å². The Balaban J connectivity index is 2.96. The van der Waals surface area contributed by atoms with E-state index < -0.39 is 11.7 Å². The molecule has 18 heavy (non-hydrogen) atoms. The zero-order valence-electron chi connectivity index (χ0n) is 10.8. The summed E-state index contributed by atoms with van der Waals surface area (Å²) in [5, 5.41) is 2.85. The van der Waals surface area contributed by atoms with Crippen LogP contribution < -0.4 is 10.1 Å². The molecule has 0 saturated carbocycles. The van der Waals surface area contributed by atoms with Gasteiger partial charge in [0.2, 0.25) is 0 Å². The standard InChI is InChI=1S/C13H18F3NO/c1-4-9(2)8-17-12-6-5-10(18-3)7-11(12)13(14,15)16/h5-7,9,17H,4,8H2,1-3H3. The highest BCUT2D eigenvalue weighted by Gasteiger charge is 2.34. The number of methoxy groups -OCH3 is 1. The van der Waals surface area contributed by atoms with E-state index in [2.05, 4.69) is 5.32 Å². The molecule has 1 aromatic rings. The van der Waals surface area contributed by atoms with Gasteiger partial charge in [-0.15, -0.1) is 0 Å². The summed E-state index contributed by atoms with van der Waals surface area (Å²) in [5.41, 5.74) is -0.589. The quantitative estimate of drug-likeness (QED) is 0.858. The predicted octanol–water partition coefficient (Wildman–Crippen LogP) is 4.17. The van der Waals surface area contributed by atoms with Gasteiger partial charge in [0.1, 0.15) is 5.75 Å². The minimum Gasteiger partial charge on any atom is -0.497 e. The topological polar surface area (TPSA) is 21.3 Å². The Bertz CT molecular complexity index is 390. The molecule has 0 aromatic heterocycles. The molecule has 0 radical (unpaired) electrons. The van der Waals surface area contributed by atoms with Gasteiger partial charge in [-0.25, -0.2) is 0 Å². The van der Waals surface area contributed by atoms with E-state index in [9.17, 15) is 13.2 Å². The summed E-state index contributed by atoms with van der Waals surface area (Å²) < 4.78 is 43.5. The average molecular weight is 261 g/mol. The molecule has 0 bridgehead atoms. The van der Waals surface area contributed by atoms with Crippen molar-refractivity contribution in [3.05, 3.63) is 23.8 Å². The van der Waals surface area contributed by atoms with Crippen LogP contribution in [0.5, 0.6) is 5.75 Å². The van der Waals surface area contributed by atoms with Crippen LogP contribution in [0.4, 0.5) is 18.9 Å². The lowest BCUT2D eigenvalue weighted by Crippen LogP contribution is -2.15. The van der Waals surface area contributed by atoms with Gasteiger partial charge in [0.05, 0.1) is 12.7 Å². The molecule has 0 fully saturated rings. The second-order valence-corrected chi connectivity index (χ2v) is 4.30. The van der Waals surface area contributed by atoms with Crippen LogP contribution in [0.2, 0.25) is 0 Å². The summed E-state index contributed by atoms with van der Waals surface area (Å²) in [4.78, 5) is 0. The van der Waals surface area contributed by atoms with E-state index >= 15 is 0 Å². The van der Waals surface area contributed by atoms with Crippen LogP contribution in [-0.2, 0) is 6.18 Å². The fourth-order valence-electron chi connectivity index (χ4n) is 1.47. The van der Waals surface area contributed by atoms with Crippen molar-refractivity contribution in [1.82, 2.24) is 0 Å². The van der Waals surface area contributed by atoms with Gasteiger partial charge >= 0.3 is 6.18 Å². The Labute approximate surface area is 105 Å². The molecule has 0 amide bonds. The molecule has 0 aliphatic carbocycles. The van der Waals surface area contributed by atoms with Crippen LogP contribution in [0.3, 0.4) is 0 Å². The second kappa shape index (κ2) is 5.98. The second-order valence-electron chi connectivity index (χ2n) is 4.30. The number of alkyl halides is 3. The first-order valence-corrected chi connectivity index (χ1v) is 5.87. The number of benzene rings is 1. The molecular weight excluding hydrogens is 243 g/mol. The van der Waals surface area contributed by atoms with E-state index in [-0.39, 0.29) is 11.4 Å². The number of rotatable bonds is 5. The van der Waals surface area contributed by atoms with Gasteiger partial charge in [-0.05, 0) is 24.1 Å². The highest BCUT2D eigenvalue weighted by atomic mass is 19.4. The monoisotopic (exact) mass is 261 g/mol. The van der Waals surface area contributed by atoms with E-state index in [4.69, 9.17) is 4.74 Å². The molecule has 0 saturated heterocycles. The Kier molecular flexibility index (Phi) is 4.87. The summed E-state index contributed by atoms with van der Waals surface area (Å²) in [5.74, 6) is 0.532. The molecule has 0 spiro atoms. The van der Waals surface area contributed by atoms with Gasteiger partial charge in [0.25, 0.3) is 0 Å². The Morgan fingerprint density at radius 3 is 2.50 bits per heavy atom. The molecule has 0 heterocycles. The Morgan fingerprint density at radius 2 is 2.00 bits per heavy atom. The molecule has 5 heteroatoms. The van der Waals surface area contributed by atoms with Crippen molar-refractivity contribution in [2.45, 2.75) is 26.4 Å². The summed E-state index contributed by atoms with van der Waals surface area (Å²) in [6.07, 6.45) is -3.46. The maximum absolute atomic E-state index is 12.9. The van der Waals surface area contributed by atoms with Crippen LogP contribution in [0.1, 0.15) is 25.8 Å². The van der Waals surface area contributed by atoms with Gasteiger partial charge in [-0.1, -0.05) is 20.3 Å². The van der Waals surface area contributed by atoms with Gasteiger partial charge < -0.3 is 10.1 Å². The molecule has 1 unspecified atom stereocenters. The molecule has 1 atom stereocenters. The van der Waals surface area contributed by atoms with Crippen molar-refractivity contribution in [1.29, 1.82) is 0 Å². The number of hydrogen-bond donors (Lipinski definition) is 1. The lowest BCUT2D eigenvalue weighted by molar-refractivity contribution is -0.137.